The molecule has 0 radical (unpaired) electrons. The summed E-state index contributed by atoms with van der Waals surface area (Å²) in [6.07, 6.45) is -4.49. The van der Waals surface area contributed by atoms with Crippen molar-refractivity contribution in [3.05, 3.63) is 22.8 Å². The monoisotopic (exact) mass is 281 g/mol. The highest BCUT2D eigenvalue weighted by atomic mass is 35.5. The number of aliphatic hydroxyl groups excluding tert-OH is 1. The minimum atomic E-state index is -4.48. The molecule has 0 spiro atoms. The maximum atomic E-state index is 12.4. The molecule has 4 nitrogen and oxygen atoms in total. The van der Waals surface area contributed by atoms with Crippen molar-refractivity contribution in [2.45, 2.75) is 18.3 Å². The average molecular weight is 282 g/mol. The first-order chi connectivity index (χ1) is 8.29. The lowest BCUT2D eigenvalue weighted by Crippen LogP contribution is -2.32. The summed E-state index contributed by atoms with van der Waals surface area (Å²) >= 11 is 5.78. The summed E-state index contributed by atoms with van der Waals surface area (Å²) in [4.78, 5) is 5.27. The highest BCUT2D eigenvalue weighted by Gasteiger charge is 2.34. The van der Waals surface area contributed by atoms with Crippen LogP contribution in [0.25, 0.3) is 0 Å². The third-order valence-corrected chi connectivity index (χ3v) is 3.06. The molecule has 3 N–H and O–H groups in total. The largest absolute Gasteiger partial charge is 0.417 e. The number of anilines is 1. The fraction of sp³-hybridized carbons (Fsp3) is 0.500. The van der Waals surface area contributed by atoms with Crippen molar-refractivity contribution in [2.24, 2.45) is 5.73 Å². The molecule has 0 amide bonds. The lowest BCUT2D eigenvalue weighted by Gasteiger charge is -2.18. The van der Waals surface area contributed by atoms with Crippen LogP contribution in [0.4, 0.5) is 19.0 Å². The van der Waals surface area contributed by atoms with Crippen LogP contribution in [0.3, 0.4) is 0 Å². The quantitative estimate of drug-likeness (QED) is 0.814. The Morgan fingerprint density at radius 3 is 2.56 bits per heavy atom. The van der Waals surface area contributed by atoms with Crippen molar-refractivity contribution in [2.75, 3.05) is 18.0 Å². The molecule has 0 aromatic carbocycles. The van der Waals surface area contributed by atoms with E-state index in [1.165, 1.54) is 0 Å². The SMILES string of the molecule is N[C@H]1CN(c2ncc(C(F)(F)F)cc2Cl)C[C@@H]1O. The first-order valence-corrected chi connectivity index (χ1v) is 5.58. The Hall–Kier alpha value is -1.05. The van der Waals surface area contributed by atoms with E-state index in [9.17, 15) is 18.3 Å². The van der Waals surface area contributed by atoms with Gasteiger partial charge in [0.1, 0.15) is 5.82 Å². The van der Waals surface area contributed by atoms with Crippen LogP contribution in [-0.2, 0) is 6.18 Å². The summed E-state index contributed by atoms with van der Waals surface area (Å²) in [6.45, 7) is 0.512. The number of hydrogen-bond acceptors (Lipinski definition) is 4. The Morgan fingerprint density at radius 2 is 2.11 bits per heavy atom. The molecule has 0 unspecified atom stereocenters. The van der Waals surface area contributed by atoms with Crippen molar-refractivity contribution in [1.82, 2.24) is 4.98 Å². The summed E-state index contributed by atoms with van der Waals surface area (Å²) < 4.78 is 37.3. The molecule has 1 aromatic heterocycles. The maximum Gasteiger partial charge on any atom is 0.417 e. The number of hydrogen-bond donors (Lipinski definition) is 2. The average Bonchev–Trinajstić information content (AvgIpc) is 2.57. The van der Waals surface area contributed by atoms with Gasteiger partial charge in [-0.1, -0.05) is 11.6 Å². The smallest absolute Gasteiger partial charge is 0.390 e. The van der Waals surface area contributed by atoms with E-state index in [-0.39, 0.29) is 17.4 Å². The molecule has 0 saturated carbocycles. The van der Waals surface area contributed by atoms with Crippen LogP contribution in [-0.4, -0.2) is 35.3 Å². The summed E-state index contributed by atoms with van der Waals surface area (Å²) in [5.74, 6) is 0.205. The van der Waals surface area contributed by atoms with Gasteiger partial charge in [0.05, 0.1) is 16.7 Å². The zero-order chi connectivity index (χ0) is 13.5. The number of β-amino-alcohol motifs (C(OH)–C–C–N with tert-alkyl or cyclic N) is 1. The Kier molecular flexibility index (Phi) is 3.39. The van der Waals surface area contributed by atoms with Crippen LogP contribution in [0.15, 0.2) is 12.3 Å². The normalized spacial score (nSPS) is 24.7. The third-order valence-electron chi connectivity index (χ3n) is 2.78. The Balaban J connectivity index is 2.26. The van der Waals surface area contributed by atoms with Gasteiger partial charge in [-0.05, 0) is 6.07 Å². The molecule has 8 heteroatoms. The number of aromatic nitrogens is 1. The molecule has 2 heterocycles. The van der Waals surface area contributed by atoms with Crippen LogP contribution in [0.5, 0.6) is 0 Å². The van der Waals surface area contributed by atoms with Crippen LogP contribution in [0.1, 0.15) is 5.56 Å². The van der Waals surface area contributed by atoms with Gasteiger partial charge < -0.3 is 15.7 Å². The molecule has 100 valence electrons. The fourth-order valence-corrected chi connectivity index (χ4v) is 2.09. The van der Waals surface area contributed by atoms with Crippen LogP contribution in [0.2, 0.25) is 5.02 Å². The minimum Gasteiger partial charge on any atom is -0.390 e. The second-order valence-corrected chi connectivity index (χ2v) is 4.57. The number of pyridine rings is 1. The van der Waals surface area contributed by atoms with E-state index in [0.717, 1.165) is 12.3 Å². The second-order valence-electron chi connectivity index (χ2n) is 4.16. The number of nitrogens with zero attached hydrogens (tertiary/aromatic N) is 2. The molecular weight excluding hydrogens is 271 g/mol. The maximum absolute atomic E-state index is 12.4. The van der Waals surface area contributed by atoms with Crippen molar-refractivity contribution in [1.29, 1.82) is 0 Å². The number of aliphatic hydroxyl groups is 1. The summed E-state index contributed by atoms with van der Waals surface area (Å²) in [5.41, 5.74) is 4.71. The van der Waals surface area contributed by atoms with Crippen LogP contribution in [0, 0.1) is 0 Å². The van der Waals surface area contributed by atoms with E-state index in [0.29, 0.717) is 6.54 Å². The second kappa shape index (κ2) is 4.56. The highest BCUT2D eigenvalue weighted by Crippen LogP contribution is 2.34. The molecule has 2 atom stereocenters. The van der Waals surface area contributed by atoms with Crippen molar-refractivity contribution >= 4 is 17.4 Å². The first-order valence-electron chi connectivity index (χ1n) is 5.20. The molecule has 1 saturated heterocycles. The van der Waals surface area contributed by atoms with Gasteiger partial charge >= 0.3 is 6.18 Å². The lowest BCUT2D eigenvalue weighted by molar-refractivity contribution is -0.137. The van der Waals surface area contributed by atoms with Gasteiger partial charge in [-0.3, -0.25) is 0 Å². The fourth-order valence-electron chi connectivity index (χ4n) is 1.80. The Labute approximate surface area is 106 Å². The molecule has 1 fully saturated rings. The topological polar surface area (TPSA) is 62.4 Å². The number of alkyl halides is 3. The van der Waals surface area contributed by atoms with E-state index in [4.69, 9.17) is 17.3 Å². The van der Waals surface area contributed by atoms with Crippen LogP contribution >= 0.6 is 11.6 Å². The Bertz CT molecular complexity index is 444. The number of halogens is 4. The molecule has 18 heavy (non-hydrogen) atoms. The Morgan fingerprint density at radius 1 is 1.44 bits per heavy atom. The summed E-state index contributed by atoms with van der Waals surface area (Å²) in [7, 11) is 0. The summed E-state index contributed by atoms with van der Waals surface area (Å²) in [6, 6.07) is 0.366. The minimum absolute atomic E-state index is 0.105. The zero-order valence-corrected chi connectivity index (χ0v) is 9.91. The molecule has 1 aliphatic heterocycles. The number of nitrogens with two attached hydrogens (primary N) is 1. The standard InChI is InChI=1S/C10H11ClF3N3O/c11-6-1-5(10(12,13)14)2-16-9(6)17-3-7(15)8(18)4-17/h1-2,7-8,18H,3-4,15H2/t7-,8-/m0/s1. The predicted octanol–water partition coefficient (Wildman–Crippen LogP) is 1.26. The molecule has 2 rings (SSSR count). The van der Waals surface area contributed by atoms with Crippen molar-refractivity contribution < 1.29 is 18.3 Å². The van der Waals surface area contributed by atoms with Gasteiger partial charge in [-0.2, -0.15) is 13.2 Å². The van der Waals surface area contributed by atoms with Crippen molar-refractivity contribution in [3.63, 3.8) is 0 Å². The van der Waals surface area contributed by atoms with E-state index in [1.54, 1.807) is 4.90 Å². The molecule has 0 aliphatic carbocycles. The zero-order valence-electron chi connectivity index (χ0n) is 9.15. The molecular formula is C10H11ClF3N3O. The van der Waals surface area contributed by atoms with E-state index >= 15 is 0 Å². The molecule has 1 aromatic rings. The van der Waals surface area contributed by atoms with Gasteiger partial charge in [-0.15, -0.1) is 0 Å². The third kappa shape index (κ3) is 2.52. The number of rotatable bonds is 1. The van der Waals surface area contributed by atoms with E-state index in [1.807, 2.05) is 0 Å². The van der Waals surface area contributed by atoms with E-state index in [2.05, 4.69) is 4.98 Å². The summed E-state index contributed by atoms with van der Waals surface area (Å²) in [5, 5.41) is 9.38. The lowest BCUT2D eigenvalue weighted by atomic mass is 10.2. The molecule has 0 bridgehead atoms. The van der Waals surface area contributed by atoms with Gasteiger partial charge in [0.25, 0.3) is 0 Å². The highest BCUT2D eigenvalue weighted by molar-refractivity contribution is 6.33. The van der Waals surface area contributed by atoms with Gasteiger partial charge in [-0.25, -0.2) is 4.98 Å². The first kappa shape index (κ1) is 13.4. The van der Waals surface area contributed by atoms with Gasteiger partial charge in [0.15, 0.2) is 0 Å². The van der Waals surface area contributed by atoms with Gasteiger partial charge in [0.2, 0.25) is 0 Å². The van der Waals surface area contributed by atoms with E-state index < -0.39 is 23.9 Å². The molecule has 1 aliphatic rings. The van der Waals surface area contributed by atoms with Gasteiger partial charge in [0, 0.05) is 25.3 Å². The van der Waals surface area contributed by atoms with Crippen LogP contribution < -0.4 is 10.6 Å². The van der Waals surface area contributed by atoms with Crippen molar-refractivity contribution in [3.8, 4) is 0 Å². The predicted molar refractivity (Wildman–Crippen MR) is 60.4 cm³/mol.